The summed E-state index contributed by atoms with van der Waals surface area (Å²) in [5.41, 5.74) is 2.86. The number of ketones is 1. The van der Waals surface area contributed by atoms with Gasteiger partial charge in [0.1, 0.15) is 6.61 Å². The molecule has 0 saturated heterocycles. The van der Waals surface area contributed by atoms with E-state index in [1.54, 1.807) is 6.08 Å². The average molecular weight is 332 g/mol. The van der Waals surface area contributed by atoms with Crippen molar-refractivity contribution in [2.75, 3.05) is 6.61 Å². The summed E-state index contributed by atoms with van der Waals surface area (Å²) in [6, 6.07) is 0. The van der Waals surface area contributed by atoms with Gasteiger partial charge in [-0.15, -0.1) is 0 Å². The molecule has 0 aromatic heterocycles. The van der Waals surface area contributed by atoms with Gasteiger partial charge >= 0.3 is 5.97 Å². The van der Waals surface area contributed by atoms with Crippen molar-refractivity contribution >= 4 is 11.8 Å². The first-order valence-corrected chi connectivity index (χ1v) is 8.95. The van der Waals surface area contributed by atoms with E-state index in [2.05, 4.69) is 26.8 Å². The Bertz CT molecular complexity index is 547. The molecule has 1 rings (SSSR count). The van der Waals surface area contributed by atoms with Crippen LogP contribution in [0.2, 0.25) is 0 Å². The summed E-state index contributed by atoms with van der Waals surface area (Å²) in [4.78, 5) is 24.6. The number of ether oxygens (including phenoxy) is 1. The zero-order valence-corrected chi connectivity index (χ0v) is 15.9. The Morgan fingerprint density at radius 1 is 1.25 bits per heavy atom. The second-order valence-corrected chi connectivity index (χ2v) is 7.31. The summed E-state index contributed by atoms with van der Waals surface area (Å²) in [6.45, 7) is 10.5. The maximum atomic E-state index is 12.6. The standard InChI is InChI=1S/C21H32O3/c1-6-11-21(14-18(5)13-19(22)15-21)20(23)24-12-10-17(4)9-7-8-16(2)3/h8,10,13H,6-7,9,11-12,14-15H2,1-5H3. The highest BCUT2D eigenvalue weighted by atomic mass is 16.5. The van der Waals surface area contributed by atoms with E-state index >= 15 is 0 Å². The smallest absolute Gasteiger partial charge is 0.313 e. The molecule has 0 fully saturated rings. The number of allylic oxidation sites excluding steroid dienone is 5. The molecule has 1 unspecified atom stereocenters. The van der Waals surface area contributed by atoms with Crippen LogP contribution in [0, 0.1) is 5.41 Å². The Kier molecular flexibility index (Phi) is 8.17. The minimum absolute atomic E-state index is 0.0394. The van der Waals surface area contributed by atoms with Crippen molar-refractivity contribution in [3.05, 3.63) is 34.9 Å². The van der Waals surface area contributed by atoms with Crippen molar-refractivity contribution in [1.82, 2.24) is 0 Å². The van der Waals surface area contributed by atoms with Crippen molar-refractivity contribution in [2.24, 2.45) is 5.41 Å². The Morgan fingerprint density at radius 3 is 2.54 bits per heavy atom. The highest BCUT2D eigenvalue weighted by Crippen LogP contribution is 2.40. The normalized spacial score (nSPS) is 21.3. The number of rotatable bonds is 8. The molecule has 1 aliphatic rings. The lowest BCUT2D eigenvalue weighted by Gasteiger charge is -2.33. The van der Waals surface area contributed by atoms with Crippen LogP contribution in [-0.2, 0) is 14.3 Å². The molecule has 3 heteroatoms. The molecule has 0 spiro atoms. The van der Waals surface area contributed by atoms with Crippen LogP contribution in [0.1, 0.15) is 73.1 Å². The molecule has 134 valence electrons. The molecule has 1 atom stereocenters. The van der Waals surface area contributed by atoms with Crippen LogP contribution in [0.15, 0.2) is 34.9 Å². The van der Waals surface area contributed by atoms with Crippen LogP contribution in [-0.4, -0.2) is 18.4 Å². The van der Waals surface area contributed by atoms with E-state index in [0.29, 0.717) is 19.4 Å². The maximum absolute atomic E-state index is 12.6. The minimum Gasteiger partial charge on any atom is -0.461 e. The van der Waals surface area contributed by atoms with Gasteiger partial charge in [0.15, 0.2) is 5.78 Å². The Labute approximate surface area is 146 Å². The number of carbonyl (C=O) groups is 2. The van der Waals surface area contributed by atoms with Gasteiger partial charge in [-0.25, -0.2) is 0 Å². The molecular weight excluding hydrogens is 300 g/mol. The van der Waals surface area contributed by atoms with Gasteiger partial charge in [-0.05, 0) is 65.5 Å². The molecular formula is C21H32O3. The predicted octanol–water partition coefficient (Wildman–Crippen LogP) is 5.32. The third kappa shape index (κ3) is 6.46. The van der Waals surface area contributed by atoms with E-state index in [4.69, 9.17) is 4.74 Å². The Morgan fingerprint density at radius 2 is 1.96 bits per heavy atom. The van der Waals surface area contributed by atoms with E-state index in [1.807, 2.05) is 19.9 Å². The minimum atomic E-state index is -0.658. The van der Waals surface area contributed by atoms with Crippen molar-refractivity contribution in [3.63, 3.8) is 0 Å². The summed E-state index contributed by atoms with van der Waals surface area (Å²) >= 11 is 0. The number of hydrogen-bond acceptors (Lipinski definition) is 3. The van der Waals surface area contributed by atoms with Gasteiger partial charge < -0.3 is 4.74 Å². The molecule has 3 nitrogen and oxygen atoms in total. The van der Waals surface area contributed by atoms with Crippen molar-refractivity contribution in [1.29, 1.82) is 0 Å². The zero-order valence-electron chi connectivity index (χ0n) is 15.9. The molecule has 0 aliphatic heterocycles. The molecule has 24 heavy (non-hydrogen) atoms. The molecule has 0 heterocycles. The van der Waals surface area contributed by atoms with Crippen molar-refractivity contribution in [2.45, 2.75) is 73.1 Å². The van der Waals surface area contributed by atoms with E-state index < -0.39 is 5.41 Å². The second-order valence-electron chi connectivity index (χ2n) is 7.31. The van der Waals surface area contributed by atoms with Gasteiger partial charge in [-0.2, -0.15) is 0 Å². The van der Waals surface area contributed by atoms with E-state index in [0.717, 1.165) is 24.8 Å². The summed E-state index contributed by atoms with van der Waals surface area (Å²) in [6.07, 6.45) is 10.3. The summed E-state index contributed by atoms with van der Waals surface area (Å²) in [5, 5.41) is 0. The highest BCUT2D eigenvalue weighted by Gasteiger charge is 2.42. The highest BCUT2D eigenvalue weighted by molar-refractivity contribution is 5.96. The molecule has 0 aromatic carbocycles. The lowest BCUT2D eigenvalue weighted by Crippen LogP contribution is -2.37. The van der Waals surface area contributed by atoms with Gasteiger partial charge in [0.05, 0.1) is 5.41 Å². The third-order valence-corrected chi connectivity index (χ3v) is 4.44. The van der Waals surface area contributed by atoms with Gasteiger partial charge in [0.2, 0.25) is 0 Å². The summed E-state index contributed by atoms with van der Waals surface area (Å²) in [5.74, 6) is -0.184. The summed E-state index contributed by atoms with van der Waals surface area (Å²) < 4.78 is 5.52. The number of carbonyl (C=O) groups excluding carboxylic acids is 2. The topological polar surface area (TPSA) is 43.4 Å². The third-order valence-electron chi connectivity index (χ3n) is 4.44. The van der Waals surface area contributed by atoms with E-state index in [-0.39, 0.29) is 18.2 Å². The van der Waals surface area contributed by atoms with Crippen molar-refractivity contribution in [3.8, 4) is 0 Å². The lowest BCUT2D eigenvalue weighted by atomic mass is 9.71. The fraction of sp³-hybridized carbons (Fsp3) is 0.619. The largest absolute Gasteiger partial charge is 0.461 e. The predicted molar refractivity (Wildman–Crippen MR) is 98.7 cm³/mol. The number of hydrogen-bond donors (Lipinski definition) is 0. The Balaban J connectivity index is 2.62. The van der Waals surface area contributed by atoms with E-state index in [9.17, 15) is 9.59 Å². The van der Waals surface area contributed by atoms with Crippen LogP contribution in [0.5, 0.6) is 0 Å². The average Bonchev–Trinajstić information content (AvgIpc) is 2.45. The van der Waals surface area contributed by atoms with Crippen LogP contribution < -0.4 is 0 Å². The number of esters is 1. The molecule has 0 amide bonds. The van der Waals surface area contributed by atoms with Crippen LogP contribution >= 0.6 is 0 Å². The zero-order chi connectivity index (χ0) is 18.2. The first-order valence-electron chi connectivity index (χ1n) is 8.95. The molecule has 0 saturated carbocycles. The monoisotopic (exact) mass is 332 g/mol. The summed E-state index contributed by atoms with van der Waals surface area (Å²) in [7, 11) is 0. The maximum Gasteiger partial charge on any atom is 0.313 e. The van der Waals surface area contributed by atoms with Gasteiger partial charge in [-0.1, -0.05) is 36.1 Å². The first kappa shape index (κ1) is 20.4. The molecule has 0 radical (unpaired) electrons. The fourth-order valence-corrected chi connectivity index (χ4v) is 3.31. The molecule has 0 N–H and O–H groups in total. The van der Waals surface area contributed by atoms with Gasteiger partial charge in [0, 0.05) is 6.42 Å². The lowest BCUT2D eigenvalue weighted by molar-refractivity contribution is -0.157. The van der Waals surface area contributed by atoms with Gasteiger partial charge in [-0.3, -0.25) is 9.59 Å². The van der Waals surface area contributed by atoms with Crippen LogP contribution in [0.25, 0.3) is 0 Å². The van der Waals surface area contributed by atoms with Gasteiger partial charge in [0.25, 0.3) is 0 Å². The second kappa shape index (κ2) is 9.61. The van der Waals surface area contributed by atoms with Crippen LogP contribution in [0.4, 0.5) is 0 Å². The molecule has 1 aliphatic carbocycles. The molecule has 0 bridgehead atoms. The fourth-order valence-electron chi connectivity index (χ4n) is 3.31. The quantitative estimate of drug-likeness (QED) is 0.446. The van der Waals surface area contributed by atoms with E-state index in [1.165, 1.54) is 11.1 Å². The molecule has 0 aromatic rings. The van der Waals surface area contributed by atoms with Crippen molar-refractivity contribution < 1.29 is 14.3 Å². The Hall–Kier alpha value is -1.64. The SMILES string of the molecule is CCCC1(C(=O)OCC=C(C)CCC=C(C)C)CC(=O)C=C(C)C1. The first-order chi connectivity index (χ1) is 11.3. The van der Waals surface area contributed by atoms with Crippen LogP contribution in [0.3, 0.4) is 0 Å².